The molecule has 0 unspecified atom stereocenters. The lowest BCUT2D eigenvalue weighted by molar-refractivity contribution is 0.306. The van der Waals surface area contributed by atoms with Crippen LogP contribution in [-0.4, -0.2) is 12.1 Å². The fourth-order valence-electron chi connectivity index (χ4n) is 3.38. The van der Waals surface area contributed by atoms with Gasteiger partial charge in [-0.3, -0.25) is 0 Å². The zero-order chi connectivity index (χ0) is 21.6. The van der Waals surface area contributed by atoms with Gasteiger partial charge >= 0.3 is 0 Å². The molecule has 0 bridgehead atoms. The Morgan fingerprint density at radius 3 is 2.19 bits per heavy atom. The number of benzene rings is 3. The van der Waals surface area contributed by atoms with Crippen molar-refractivity contribution in [3.8, 4) is 39.8 Å². The minimum absolute atomic E-state index is 0.219. The Morgan fingerprint density at radius 1 is 0.871 bits per heavy atom. The molecule has 0 atom stereocenters. The van der Waals surface area contributed by atoms with E-state index in [9.17, 15) is 5.26 Å². The van der Waals surface area contributed by atoms with Crippen molar-refractivity contribution in [3.05, 3.63) is 96.2 Å². The molecule has 0 spiro atoms. The standard InChI is InChI=1S/C26H21N3O2/c1-30-21-11-7-18(8-12-21)17-31-22-13-9-20(10-14-22)25-23(15-27)26(28)29-16-24(25)19-5-3-2-4-6-19/h2-14,16H,17H2,1H3,(H2,28,29). The maximum atomic E-state index is 9.73. The van der Waals surface area contributed by atoms with Crippen LogP contribution in [0.5, 0.6) is 11.5 Å². The van der Waals surface area contributed by atoms with E-state index in [0.29, 0.717) is 12.2 Å². The number of pyridine rings is 1. The van der Waals surface area contributed by atoms with Crippen LogP contribution in [0.15, 0.2) is 85.1 Å². The Bertz CT molecular complexity index is 1210. The molecule has 0 amide bonds. The average molecular weight is 407 g/mol. The lowest BCUT2D eigenvalue weighted by Gasteiger charge is -2.14. The van der Waals surface area contributed by atoms with Crippen LogP contribution in [0.1, 0.15) is 11.1 Å². The van der Waals surface area contributed by atoms with Crippen molar-refractivity contribution in [2.75, 3.05) is 12.8 Å². The summed E-state index contributed by atoms with van der Waals surface area (Å²) in [5.74, 6) is 1.77. The third kappa shape index (κ3) is 4.34. The first-order chi connectivity index (χ1) is 15.2. The Balaban J connectivity index is 1.62. The van der Waals surface area contributed by atoms with Crippen LogP contribution in [0.25, 0.3) is 22.3 Å². The molecule has 31 heavy (non-hydrogen) atoms. The predicted molar refractivity (Wildman–Crippen MR) is 122 cm³/mol. The third-order valence-electron chi connectivity index (χ3n) is 5.01. The summed E-state index contributed by atoms with van der Waals surface area (Å²) in [6.45, 7) is 0.449. The lowest BCUT2D eigenvalue weighted by atomic mass is 9.92. The molecule has 5 nitrogen and oxygen atoms in total. The molecule has 152 valence electrons. The average Bonchev–Trinajstić information content (AvgIpc) is 2.83. The van der Waals surface area contributed by atoms with E-state index in [1.807, 2.05) is 78.9 Å². The van der Waals surface area contributed by atoms with Crippen molar-refractivity contribution in [2.24, 2.45) is 0 Å². The predicted octanol–water partition coefficient (Wildman–Crippen LogP) is 5.46. The van der Waals surface area contributed by atoms with Gasteiger partial charge in [0.15, 0.2) is 0 Å². The zero-order valence-corrected chi connectivity index (χ0v) is 17.1. The first-order valence-electron chi connectivity index (χ1n) is 9.79. The summed E-state index contributed by atoms with van der Waals surface area (Å²) in [6, 6.07) is 27.5. The number of nitrogen functional groups attached to an aromatic ring is 1. The van der Waals surface area contributed by atoms with Crippen LogP contribution >= 0.6 is 0 Å². The smallest absolute Gasteiger partial charge is 0.141 e. The molecule has 1 heterocycles. The van der Waals surface area contributed by atoms with Gasteiger partial charge < -0.3 is 15.2 Å². The molecule has 5 heteroatoms. The van der Waals surface area contributed by atoms with Crippen LogP contribution in [0.4, 0.5) is 5.82 Å². The largest absolute Gasteiger partial charge is 0.497 e. The molecule has 0 saturated carbocycles. The van der Waals surface area contributed by atoms with Gasteiger partial charge in [0.25, 0.3) is 0 Å². The number of methoxy groups -OCH3 is 1. The molecular weight excluding hydrogens is 386 g/mol. The van der Waals surface area contributed by atoms with Crippen LogP contribution in [-0.2, 0) is 6.61 Å². The Morgan fingerprint density at radius 2 is 1.55 bits per heavy atom. The molecule has 4 rings (SSSR count). The second kappa shape index (κ2) is 9.02. The summed E-state index contributed by atoms with van der Waals surface area (Å²) in [4.78, 5) is 4.23. The monoisotopic (exact) mass is 407 g/mol. The van der Waals surface area contributed by atoms with Gasteiger partial charge in [0, 0.05) is 17.3 Å². The number of rotatable bonds is 6. The second-order valence-corrected chi connectivity index (χ2v) is 6.95. The minimum Gasteiger partial charge on any atom is -0.497 e. The molecule has 3 aromatic carbocycles. The van der Waals surface area contributed by atoms with E-state index in [1.54, 1.807) is 13.3 Å². The Hall–Kier alpha value is -4.30. The number of nitrogens with zero attached hydrogens (tertiary/aromatic N) is 2. The highest BCUT2D eigenvalue weighted by molar-refractivity contribution is 5.89. The highest BCUT2D eigenvalue weighted by Gasteiger charge is 2.16. The molecule has 0 aliphatic carbocycles. The molecule has 0 fully saturated rings. The van der Waals surface area contributed by atoms with Crippen LogP contribution in [0, 0.1) is 11.3 Å². The van der Waals surface area contributed by atoms with Gasteiger partial charge in [-0.25, -0.2) is 4.98 Å². The van der Waals surface area contributed by atoms with E-state index < -0.39 is 0 Å². The lowest BCUT2D eigenvalue weighted by Crippen LogP contribution is -2.00. The number of hydrogen-bond acceptors (Lipinski definition) is 5. The van der Waals surface area contributed by atoms with Gasteiger partial charge in [-0.05, 0) is 41.0 Å². The van der Waals surface area contributed by atoms with E-state index >= 15 is 0 Å². The summed E-state index contributed by atoms with van der Waals surface area (Å²) in [5.41, 5.74) is 10.9. The maximum Gasteiger partial charge on any atom is 0.141 e. The summed E-state index contributed by atoms with van der Waals surface area (Å²) < 4.78 is 11.1. The fourth-order valence-corrected chi connectivity index (χ4v) is 3.38. The Kier molecular flexibility index (Phi) is 5.82. The van der Waals surface area contributed by atoms with Crippen molar-refractivity contribution in [1.29, 1.82) is 5.26 Å². The van der Waals surface area contributed by atoms with Gasteiger partial charge in [0.2, 0.25) is 0 Å². The quantitative estimate of drug-likeness (QED) is 0.459. The van der Waals surface area contributed by atoms with Crippen molar-refractivity contribution in [2.45, 2.75) is 6.61 Å². The van der Waals surface area contributed by atoms with Gasteiger partial charge in [0.05, 0.1) is 7.11 Å². The van der Waals surface area contributed by atoms with E-state index in [4.69, 9.17) is 15.2 Å². The normalized spacial score (nSPS) is 10.3. The van der Waals surface area contributed by atoms with Gasteiger partial charge in [-0.15, -0.1) is 0 Å². The highest BCUT2D eigenvalue weighted by Crippen LogP contribution is 2.36. The number of hydrogen-bond donors (Lipinski definition) is 1. The molecule has 0 radical (unpaired) electrons. The number of ether oxygens (including phenoxy) is 2. The van der Waals surface area contributed by atoms with Crippen LogP contribution < -0.4 is 15.2 Å². The third-order valence-corrected chi connectivity index (χ3v) is 5.01. The van der Waals surface area contributed by atoms with Gasteiger partial charge in [-0.2, -0.15) is 5.26 Å². The first kappa shape index (κ1) is 20.0. The minimum atomic E-state index is 0.219. The maximum absolute atomic E-state index is 9.73. The molecule has 4 aromatic rings. The first-order valence-corrected chi connectivity index (χ1v) is 9.79. The van der Waals surface area contributed by atoms with Crippen molar-refractivity contribution < 1.29 is 9.47 Å². The SMILES string of the molecule is COc1ccc(COc2ccc(-c3c(-c4ccccc4)cnc(N)c3C#N)cc2)cc1. The summed E-state index contributed by atoms with van der Waals surface area (Å²) in [5, 5.41) is 9.73. The van der Waals surface area contributed by atoms with Crippen molar-refractivity contribution >= 4 is 5.82 Å². The number of nitriles is 1. The molecule has 0 aliphatic rings. The molecule has 1 aromatic heterocycles. The highest BCUT2D eigenvalue weighted by atomic mass is 16.5. The van der Waals surface area contributed by atoms with E-state index in [-0.39, 0.29) is 5.82 Å². The van der Waals surface area contributed by atoms with E-state index in [2.05, 4.69) is 11.1 Å². The van der Waals surface area contributed by atoms with Crippen molar-refractivity contribution in [1.82, 2.24) is 4.98 Å². The molecule has 0 aliphatic heterocycles. The number of aromatic nitrogens is 1. The number of anilines is 1. The topological polar surface area (TPSA) is 81.2 Å². The summed E-state index contributed by atoms with van der Waals surface area (Å²) in [6.07, 6.45) is 1.72. The fraction of sp³-hybridized carbons (Fsp3) is 0.0769. The second-order valence-electron chi connectivity index (χ2n) is 6.95. The van der Waals surface area contributed by atoms with Crippen LogP contribution in [0.2, 0.25) is 0 Å². The molecule has 0 saturated heterocycles. The zero-order valence-electron chi connectivity index (χ0n) is 17.1. The van der Waals surface area contributed by atoms with Gasteiger partial charge in [0.1, 0.15) is 35.6 Å². The van der Waals surface area contributed by atoms with E-state index in [1.165, 1.54) is 0 Å². The molecule has 2 N–H and O–H groups in total. The Labute approximate surface area is 181 Å². The van der Waals surface area contributed by atoms with Gasteiger partial charge in [-0.1, -0.05) is 54.6 Å². The summed E-state index contributed by atoms with van der Waals surface area (Å²) >= 11 is 0. The summed E-state index contributed by atoms with van der Waals surface area (Å²) in [7, 11) is 1.64. The van der Waals surface area contributed by atoms with Crippen molar-refractivity contribution in [3.63, 3.8) is 0 Å². The van der Waals surface area contributed by atoms with E-state index in [0.717, 1.165) is 39.3 Å². The van der Waals surface area contributed by atoms with Crippen LogP contribution in [0.3, 0.4) is 0 Å². The number of nitrogens with two attached hydrogens (primary N) is 1. The molecular formula is C26H21N3O2.